The van der Waals surface area contributed by atoms with E-state index in [0.29, 0.717) is 0 Å². The molecule has 0 saturated carbocycles. The number of benzene rings is 1. The zero-order valence-electron chi connectivity index (χ0n) is 10.5. The van der Waals surface area contributed by atoms with Crippen molar-refractivity contribution in [1.82, 2.24) is 4.98 Å². The molecule has 1 aromatic carbocycles. The third-order valence-corrected chi connectivity index (χ3v) is 3.57. The van der Waals surface area contributed by atoms with Crippen LogP contribution in [0.3, 0.4) is 0 Å². The van der Waals surface area contributed by atoms with E-state index in [1.54, 1.807) is 25.1 Å². The van der Waals surface area contributed by atoms with Crippen LogP contribution in [0.15, 0.2) is 52.5 Å². The summed E-state index contributed by atoms with van der Waals surface area (Å²) >= 11 is 1.60. The summed E-state index contributed by atoms with van der Waals surface area (Å²) in [5, 5.41) is 0.945. The van der Waals surface area contributed by atoms with Gasteiger partial charge in [-0.15, -0.1) is 0 Å². The van der Waals surface area contributed by atoms with Gasteiger partial charge in [-0.05, 0) is 31.2 Å². The van der Waals surface area contributed by atoms with Crippen molar-refractivity contribution < 1.29 is 4.74 Å². The van der Waals surface area contributed by atoms with Crippen LogP contribution in [0.1, 0.15) is 18.5 Å². The molecule has 2 aromatic rings. The van der Waals surface area contributed by atoms with Crippen LogP contribution in [0.4, 0.5) is 0 Å². The molecule has 0 aliphatic heterocycles. The van der Waals surface area contributed by atoms with Gasteiger partial charge in [-0.3, -0.25) is 0 Å². The highest BCUT2D eigenvalue weighted by Crippen LogP contribution is 2.32. The second-order valence-electron chi connectivity index (χ2n) is 3.97. The van der Waals surface area contributed by atoms with Gasteiger partial charge in [-0.1, -0.05) is 23.9 Å². The molecule has 1 heterocycles. The molecule has 18 heavy (non-hydrogen) atoms. The lowest BCUT2D eigenvalue weighted by Crippen LogP contribution is -2.07. The number of hydrogen-bond acceptors (Lipinski definition) is 4. The van der Waals surface area contributed by atoms with E-state index >= 15 is 0 Å². The van der Waals surface area contributed by atoms with E-state index in [9.17, 15) is 0 Å². The van der Waals surface area contributed by atoms with Gasteiger partial charge in [0.25, 0.3) is 0 Å². The number of nitrogens with two attached hydrogens (primary N) is 1. The number of hydrogen-bond donors (Lipinski definition) is 1. The van der Waals surface area contributed by atoms with Gasteiger partial charge in [-0.25, -0.2) is 4.98 Å². The molecule has 0 unspecified atom stereocenters. The van der Waals surface area contributed by atoms with Crippen LogP contribution in [0.25, 0.3) is 0 Å². The molecule has 0 saturated heterocycles. The van der Waals surface area contributed by atoms with Crippen molar-refractivity contribution in [3.63, 3.8) is 0 Å². The smallest absolute Gasteiger partial charge is 0.119 e. The molecule has 94 valence electrons. The standard InChI is InChI=1S/C14H16N2OS/c1-10(15)13-7-4-8-16-14(13)18-12-6-3-5-11(9-12)17-2/h3-10H,15H2,1-2H3/t10-/m1/s1. The number of ether oxygens (including phenoxy) is 1. The lowest BCUT2D eigenvalue weighted by Gasteiger charge is -2.11. The summed E-state index contributed by atoms with van der Waals surface area (Å²) in [4.78, 5) is 5.49. The molecule has 0 aliphatic carbocycles. The Hall–Kier alpha value is -1.52. The Bertz CT molecular complexity index is 529. The zero-order chi connectivity index (χ0) is 13.0. The first kappa shape index (κ1) is 12.9. The van der Waals surface area contributed by atoms with Crippen molar-refractivity contribution >= 4 is 11.8 Å². The number of methoxy groups -OCH3 is 1. The van der Waals surface area contributed by atoms with Crippen LogP contribution in [-0.2, 0) is 0 Å². The Kier molecular flexibility index (Phi) is 4.23. The molecule has 0 amide bonds. The number of pyridine rings is 1. The zero-order valence-corrected chi connectivity index (χ0v) is 11.3. The first-order valence-electron chi connectivity index (χ1n) is 5.73. The molecule has 0 fully saturated rings. The van der Waals surface area contributed by atoms with Crippen LogP contribution < -0.4 is 10.5 Å². The molecule has 3 nitrogen and oxygen atoms in total. The molecule has 1 aromatic heterocycles. The molecular formula is C14H16N2OS. The normalized spacial score (nSPS) is 12.2. The maximum absolute atomic E-state index is 5.95. The topological polar surface area (TPSA) is 48.1 Å². The van der Waals surface area contributed by atoms with Gasteiger partial charge in [0, 0.05) is 22.7 Å². The second-order valence-corrected chi connectivity index (χ2v) is 5.03. The van der Waals surface area contributed by atoms with Crippen molar-refractivity contribution in [2.24, 2.45) is 5.73 Å². The van der Waals surface area contributed by atoms with Crippen LogP contribution in [-0.4, -0.2) is 12.1 Å². The number of aromatic nitrogens is 1. The lowest BCUT2D eigenvalue weighted by atomic mass is 10.2. The third-order valence-electron chi connectivity index (χ3n) is 2.55. The third kappa shape index (κ3) is 3.03. The number of nitrogens with zero attached hydrogens (tertiary/aromatic N) is 1. The highest BCUT2D eigenvalue weighted by atomic mass is 32.2. The summed E-state index contributed by atoms with van der Waals surface area (Å²) in [6.07, 6.45) is 1.79. The Morgan fingerprint density at radius 1 is 1.28 bits per heavy atom. The number of rotatable bonds is 4. The minimum absolute atomic E-state index is 0.0215. The summed E-state index contributed by atoms with van der Waals surface area (Å²) in [5.74, 6) is 0.846. The van der Waals surface area contributed by atoms with Crippen LogP contribution in [0.2, 0.25) is 0 Å². The van der Waals surface area contributed by atoms with Crippen molar-refractivity contribution in [2.45, 2.75) is 22.9 Å². The van der Waals surface area contributed by atoms with Crippen molar-refractivity contribution in [1.29, 1.82) is 0 Å². The highest BCUT2D eigenvalue weighted by Gasteiger charge is 2.09. The SMILES string of the molecule is COc1cccc(Sc2ncccc2[C@@H](C)N)c1. The van der Waals surface area contributed by atoms with Gasteiger partial charge in [-0.2, -0.15) is 0 Å². The van der Waals surface area contributed by atoms with Gasteiger partial charge >= 0.3 is 0 Å². The summed E-state index contributed by atoms with van der Waals surface area (Å²) in [6, 6.07) is 11.8. The fourth-order valence-electron chi connectivity index (χ4n) is 1.61. The fourth-order valence-corrected chi connectivity index (χ4v) is 2.64. The summed E-state index contributed by atoms with van der Waals surface area (Å²) in [7, 11) is 1.66. The maximum atomic E-state index is 5.95. The quantitative estimate of drug-likeness (QED) is 0.916. The van der Waals surface area contributed by atoms with E-state index in [1.165, 1.54) is 0 Å². The summed E-state index contributed by atoms with van der Waals surface area (Å²) in [5.41, 5.74) is 7.01. The van der Waals surface area contributed by atoms with Gasteiger partial charge in [0.1, 0.15) is 10.8 Å². The molecule has 1 atom stereocenters. The summed E-state index contributed by atoms with van der Waals surface area (Å²) < 4.78 is 5.21. The molecule has 2 N–H and O–H groups in total. The molecule has 0 radical (unpaired) electrons. The molecule has 4 heteroatoms. The predicted molar refractivity (Wildman–Crippen MR) is 74.0 cm³/mol. The predicted octanol–water partition coefficient (Wildman–Crippen LogP) is 3.26. The van der Waals surface area contributed by atoms with Gasteiger partial charge < -0.3 is 10.5 Å². The Morgan fingerprint density at radius 2 is 2.11 bits per heavy atom. The van der Waals surface area contributed by atoms with Gasteiger partial charge in [0.2, 0.25) is 0 Å². The van der Waals surface area contributed by atoms with E-state index in [0.717, 1.165) is 21.2 Å². The Balaban J connectivity index is 2.28. The van der Waals surface area contributed by atoms with E-state index in [-0.39, 0.29) is 6.04 Å². The highest BCUT2D eigenvalue weighted by molar-refractivity contribution is 7.99. The lowest BCUT2D eigenvalue weighted by molar-refractivity contribution is 0.413. The van der Waals surface area contributed by atoms with Crippen LogP contribution in [0.5, 0.6) is 5.75 Å². The second kappa shape index (κ2) is 5.89. The summed E-state index contributed by atoms with van der Waals surface area (Å²) in [6.45, 7) is 1.96. The average Bonchev–Trinajstić information content (AvgIpc) is 2.39. The van der Waals surface area contributed by atoms with Crippen molar-refractivity contribution in [2.75, 3.05) is 7.11 Å². The van der Waals surface area contributed by atoms with E-state index in [2.05, 4.69) is 4.98 Å². The molecule has 2 rings (SSSR count). The van der Waals surface area contributed by atoms with Gasteiger partial charge in [0.15, 0.2) is 0 Å². The van der Waals surface area contributed by atoms with Crippen molar-refractivity contribution in [3.8, 4) is 5.75 Å². The minimum Gasteiger partial charge on any atom is -0.497 e. The van der Waals surface area contributed by atoms with E-state index < -0.39 is 0 Å². The Labute approximate surface area is 111 Å². The maximum Gasteiger partial charge on any atom is 0.119 e. The van der Waals surface area contributed by atoms with E-state index in [4.69, 9.17) is 10.5 Å². The van der Waals surface area contributed by atoms with Crippen molar-refractivity contribution in [3.05, 3.63) is 48.2 Å². The van der Waals surface area contributed by atoms with E-state index in [1.807, 2.05) is 43.3 Å². The fraction of sp³-hybridized carbons (Fsp3) is 0.214. The monoisotopic (exact) mass is 260 g/mol. The molecular weight excluding hydrogens is 244 g/mol. The van der Waals surface area contributed by atoms with Crippen LogP contribution >= 0.6 is 11.8 Å². The molecule has 0 bridgehead atoms. The van der Waals surface area contributed by atoms with Gasteiger partial charge in [0.05, 0.1) is 7.11 Å². The first-order chi connectivity index (χ1) is 8.70. The average molecular weight is 260 g/mol. The minimum atomic E-state index is -0.0215. The molecule has 0 aliphatic rings. The molecule has 0 spiro atoms. The van der Waals surface area contributed by atoms with Crippen LogP contribution in [0, 0.1) is 0 Å². The Morgan fingerprint density at radius 3 is 2.83 bits per heavy atom. The first-order valence-corrected chi connectivity index (χ1v) is 6.54. The largest absolute Gasteiger partial charge is 0.497 e.